The molecule has 2 aromatic heterocycles. The summed E-state index contributed by atoms with van der Waals surface area (Å²) in [7, 11) is 3.97. The van der Waals surface area contributed by atoms with Crippen molar-refractivity contribution in [3.8, 4) is 0 Å². The molecule has 0 fully saturated rings. The van der Waals surface area contributed by atoms with E-state index in [1.807, 2.05) is 66.9 Å². The lowest BCUT2D eigenvalue weighted by Gasteiger charge is -2.13. The second kappa shape index (κ2) is 7.57. The molecule has 0 saturated heterocycles. The number of rotatable bonds is 6. The van der Waals surface area contributed by atoms with Gasteiger partial charge < -0.3 is 14.8 Å². The molecule has 0 saturated carbocycles. The van der Waals surface area contributed by atoms with Crippen LogP contribution < -0.4 is 10.2 Å². The summed E-state index contributed by atoms with van der Waals surface area (Å²) >= 11 is 1.42. The molecule has 3 rings (SSSR count). The molecule has 0 atom stereocenters. The monoisotopic (exact) mass is 355 g/mol. The third-order valence-electron chi connectivity index (χ3n) is 3.78. The van der Waals surface area contributed by atoms with E-state index in [0.717, 1.165) is 34.2 Å². The molecule has 2 heterocycles. The van der Waals surface area contributed by atoms with Crippen LogP contribution in [0.4, 0.5) is 11.4 Å². The van der Waals surface area contributed by atoms with Crippen molar-refractivity contribution in [2.75, 3.05) is 30.1 Å². The molecule has 0 aliphatic rings. The Balaban J connectivity index is 1.64. The summed E-state index contributed by atoms with van der Waals surface area (Å²) in [5.74, 6) is 0.254. The SMILES string of the molecule is CCn1c(SCC(=O)Nc2ccc(N(C)C)cc2)nc2cccnc21. The molecule has 0 aliphatic carbocycles. The molecular formula is C18H21N5OS. The van der Waals surface area contributed by atoms with Gasteiger partial charge in [0.1, 0.15) is 5.52 Å². The second-order valence-corrected chi connectivity index (χ2v) is 6.71. The Hall–Kier alpha value is -2.54. The number of hydrogen-bond donors (Lipinski definition) is 1. The lowest BCUT2D eigenvalue weighted by molar-refractivity contribution is -0.113. The Morgan fingerprint density at radius 1 is 1.24 bits per heavy atom. The number of fused-ring (bicyclic) bond motifs is 1. The van der Waals surface area contributed by atoms with Crippen LogP contribution in [0.1, 0.15) is 6.92 Å². The highest BCUT2D eigenvalue weighted by atomic mass is 32.2. The lowest BCUT2D eigenvalue weighted by Crippen LogP contribution is -2.15. The maximum absolute atomic E-state index is 12.2. The molecule has 0 aliphatic heterocycles. The summed E-state index contributed by atoms with van der Waals surface area (Å²) in [5, 5.41) is 3.73. The van der Waals surface area contributed by atoms with Gasteiger partial charge in [0.15, 0.2) is 10.8 Å². The van der Waals surface area contributed by atoms with Gasteiger partial charge in [0, 0.05) is 38.2 Å². The summed E-state index contributed by atoms with van der Waals surface area (Å²) in [6.45, 7) is 2.82. The first-order valence-corrected chi connectivity index (χ1v) is 9.08. The highest BCUT2D eigenvalue weighted by molar-refractivity contribution is 7.99. The third-order valence-corrected chi connectivity index (χ3v) is 4.76. The van der Waals surface area contributed by atoms with Crippen LogP contribution in [-0.2, 0) is 11.3 Å². The molecule has 1 amide bonds. The third kappa shape index (κ3) is 3.93. The standard InChI is InChI=1S/C18H21N5OS/c1-4-23-17-15(6-5-11-19-17)21-18(23)25-12-16(24)20-13-7-9-14(10-8-13)22(2)3/h5-11H,4,12H2,1-3H3,(H,20,24). The van der Waals surface area contributed by atoms with Crippen LogP contribution in [-0.4, -0.2) is 40.3 Å². The fourth-order valence-electron chi connectivity index (χ4n) is 2.50. The van der Waals surface area contributed by atoms with Crippen molar-refractivity contribution in [2.45, 2.75) is 18.6 Å². The highest BCUT2D eigenvalue weighted by Gasteiger charge is 2.12. The zero-order valence-corrected chi connectivity index (χ0v) is 15.4. The van der Waals surface area contributed by atoms with Gasteiger partial charge in [-0.15, -0.1) is 0 Å². The number of pyridine rings is 1. The van der Waals surface area contributed by atoms with Crippen molar-refractivity contribution >= 4 is 40.2 Å². The summed E-state index contributed by atoms with van der Waals surface area (Å²) in [4.78, 5) is 23.2. The summed E-state index contributed by atoms with van der Waals surface area (Å²) in [6.07, 6.45) is 1.76. The number of amides is 1. The molecule has 6 nitrogen and oxygen atoms in total. The van der Waals surface area contributed by atoms with E-state index in [1.165, 1.54) is 11.8 Å². The molecule has 3 aromatic rings. The van der Waals surface area contributed by atoms with Gasteiger partial charge in [-0.05, 0) is 43.3 Å². The molecule has 1 N–H and O–H groups in total. The number of aromatic nitrogens is 3. The topological polar surface area (TPSA) is 63.1 Å². The van der Waals surface area contributed by atoms with Crippen molar-refractivity contribution in [3.05, 3.63) is 42.6 Å². The quantitative estimate of drug-likeness (QED) is 0.688. The van der Waals surface area contributed by atoms with Gasteiger partial charge in [0.05, 0.1) is 5.75 Å². The van der Waals surface area contributed by atoms with Gasteiger partial charge in [0.2, 0.25) is 5.91 Å². The first kappa shape index (κ1) is 17.3. The number of nitrogens with one attached hydrogen (secondary N) is 1. The summed E-state index contributed by atoms with van der Waals surface area (Å²) < 4.78 is 2.03. The predicted molar refractivity (Wildman–Crippen MR) is 103 cm³/mol. The van der Waals surface area contributed by atoms with Crippen LogP contribution in [0.3, 0.4) is 0 Å². The van der Waals surface area contributed by atoms with Gasteiger partial charge in [-0.25, -0.2) is 9.97 Å². The van der Waals surface area contributed by atoms with Crippen LogP contribution in [0.5, 0.6) is 0 Å². The van der Waals surface area contributed by atoms with E-state index in [9.17, 15) is 4.79 Å². The largest absolute Gasteiger partial charge is 0.378 e. The Bertz CT molecular complexity index is 873. The van der Waals surface area contributed by atoms with Gasteiger partial charge in [-0.1, -0.05) is 11.8 Å². The summed E-state index contributed by atoms with van der Waals surface area (Å²) in [6, 6.07) is 11.6. The molecule has 1 aromatic carbocycles. The first-order valence-electron chi connectivity index (χ1n) is 8.09. The number of carbonyl (C=O) groups is 1. The van der Waals surface area contributed by atoms with E-state index < -0.39 is 0 Å². The average Bonchev–Trinajstić information content (AvgIpc) is 2.98. The fourth-order valence-corrected chi connectivity index (χ4v) is 3.37. The van der Waals surface area contributed by atoms with Crippen molar-refractivity contribution < 1.29 is 4.79 Å². The number of benzene rings is 1. The zero-order chi connectivity index (χ0) is 17.8. The van der Waals surface area contributed by atoms with Crippen molar-refractivity contribution in [2.24, 2.45) is 0 Å². The first-order chi connectivity index (χ1) is 12.1. The maximum Gasteiger partial charge on any atom is 0.234 e. The van der Waals surface area contributed by atoms with Crippen LogP contribution >= 0.6 is 11.8 Å². The Labute approximate surface area is 151 Å². The van der Waals surface area contributed by atoms with E-state index in [-0.39, 0.29) is 5.91 Å². The minimum atomic E-state index is -0.0507. The van der Waals surface area contributed by atoms with Crippen molar-refractivity contribution in [3.63, 3.8) is 0 Å². The van der Waals surface area contributed by atoms with E-state index in [0.29, 0.717) is 5.75 Å². The smallest absolute Gasteiger partial charge is 0.234 e. The molecule has 130 valence electrons. The molecule has 0 radical (unpaired) electrons. The average molecular weight is 355 g/mol. The minimum Gasteiger partial charge on any atom is -0.378 e. The van der Waals surface area contributed by atoms with Crippen LogP contribution in [0.15, 0.2) is 47.8 Å². The van der Waals surface area contributed by atoms with Crippen LogP contribution in [0.25, 0.3) is 11.2 Å². The number of aryl methyl sites for hydroxylation is 1. The number of carbonyl (C=O) groups excluding carboxylic acids is 1. The normalized spacial score (nSPS) is 10.8. The number of thioether (sulfide) groups is 1. The minimum absolute atomic E-state index is 0.0507. The number of anilines is 2. The van der Waals surface area contributed by atoms with Crippen molar-refractivity contribution in [1.82, 2.24) is 14.5 Å². The van der Waals surface area contributed by atoms with Gasteiger partial charge in [-0.3, -0.25) is 4.79 Å². The molecule has 25 heavy (non-hydrogen) atoms. The molecule has 7 heteroatoms. The molecule has 0 unspecified atom stereocenters. The van der Waals surface area contributed by atoms with Gasteiger partial charge in [0.25, 0.3) is 0 Å². The van der Waals surface area contributed by atoms with Crippen molar-refractivity contribution in [1.29, 1.82) is 0 Å². The van der Waals surface area contributed by atoms with Gasteiger partial charge in [-0.2, -0.15) is 0 Å². The lowest BCUT2D eigenvalue weighted by atomic mass is 10.2. The van der Waals surface area contributed by atoms with Crippen LogP contribution in [0.2, 0.25) is 0 Å². The van der Waals surface area contributed by atoms with Crippen LogP contribution in [0, 0.1) is 0 Å². The second-order valence-electron chi connectivity index (χ2n) is 5.76. The highest BCUT2D eigenvalue weighted by Crippen LogP contribution is 2.23. The molecule has 0 spiro atoms. The zero-order valence-electron chi connectivity index (χ0n) is 14.6. The maximum atomic E-state index is 12.2. The van der Waals surface area contributed by atoms with E-state index in [2.05, 4.69) is 15.3 Å². The number of imidazole rings is 1. The predicted octanol–water partition coefficient (Wildman–Crippen LogP) is 3.25. The molecule has 0 bridgehead atoms. The number of hydrogen-bond acceptors (Lipinski definition) is 5. The van der Waals surface area contributed by atoms with Gasteiger partial charge >= 0.3 is 0 Å². The van der Waals surface area contributed by atoms with E-state index in [4.69, 9.17) is 0 Å². The Morgan fingerprint density at radius 2 is 2.00 bits per heavy atom. The fraction of sp³-hybridized carbons (Fsp3) is 0.278. The van der Waals surface area contributed by atoms with E-state index >= 15 is 0 Å². The summed E-state index contributed by atoms with van der Waals surface area (Å²) in [5.41, 5.74) is 3.59. The Kier molecular flexibility index (Phi) is 5.23. The Morgan fingerprint density at radius 3 is 2.68 bits per heavy atom. The van der Waals surface area contributed by atoms with E-state index in [1.54, 1.807) is 6.20 Å². The molecular weight excluding hydrogens is 334 g/mol. The number of nitrogens with zero attached hydrogens (tertiary/aromatic N) is 4.